The Morgan fingerprint density at radius 1 is 1.19 bits per heavy atom. The first-order chi connectivity index (χ1) is 7.54. The number of rotatable bonds is 4. The minimum absolute atomic E-state index is 0.0189. The molecule has 0 fully saturated rings. The second-order valence-electron chi connectivity index (χ2n) is 4.00. The lowest BCUT2D eigenvalue weighted by Crippen LogP contribution is -2.17. The highest BCUT2D eigenvalue weighted by Gasteiger charge is 2.07. The molecule has 0 aromatic heterocycles. The van der Waals surface area contributed by atoms with Crippen LogP contribution in [-0.2, 0) is 4.79 Å². The summed E-state index contributed by atoms with van der Waals surface area (Å²) in [5.41, 5.74) is 1.41. The SMILES string of the molecule is CCC(=O)c1ccc(NC(=O)C(C)C)cc1. The number of hydrogen-bond donors (Lipinski definition) is 1. The van der Waals surface area contributed by atoms with Crippen molar-refractivity contribution in [2.75, 3.05) is 5.32 Å². The summed E-state index contributed by atoms with van der Waals surface area (Å²) in [5, 5.41) is 2.78. The molecule has 0 saturated heterocycles. The van der Waals surface area contributed by atoms with Gasteiger partial charge in [-0.2, -0.15) is 0 Å². The van der Waals surface area contributed by atoms with Crippen LogP contribution in [-0.4, -0.2) is 11.7 Å². The third kappa shape index (κ3) is 3.19. The molecular weight excluding hydrogens is 202 g/mol. The van der Waals surface area contributed by atoms with Crippen molar-refractivity contribution >= 4 is 17.4 Å². The van der Waals surface area contributed by atoms with Crippen molar-refractivity contribution in [1.29, 1.82) is 0 Å². The molecule has 0 aliphatic heterocycles. The van der Waals surface area contributed by atoms with Gasteiger partial charge in [-0.15, -0.1) is 0 Å². The summed E-state index contributed by atoms with van der Waals surface area (Å²) in [6, 6.07) is 6.98. The van der Waals surface area contributed by atoms with Gasteiger partial charge in [0, 0.05) is 23.6 Å². The molecular formula is C13H17NO2. The minimum atomic E-state index is -0.0445. The second kappa shape index (κ2) is 5.45. The molecule has 1 amide bonds. The van der Waals surface area contributed by atoms with E-state index in [-0.39, 0.29) is 17.6 Å². The van der Waals surface area contributed by atoms with Gasteiger partial charge in [0.2, 0.25) is 5.91 Å². The van der Waals surface area contributed by atoms with Crippen LogP contribution in [0.15, 0.2) is 24.3 Å². The third-order valence-electron chi connectivity index (χ3n) is 2.32. The summed E-state index contributed by atoms with van der Waals surface area (Å²) < 4.78 is 0. The summed E-state index contributed by atoms with van der Waals surface area (Å²) in [6.07, 6.45) is 0.498. The van der Waals surface area contributed by atoms with E-state index in [1.807, 2.05) is 20.8 Å². The smallest absolute Gasteiger partial charge is 0.226 e. The molecule has 1 rings (SSSR count). The molecule has 3 nitrogen and oxygen atoms in total. The standard InChI is InChI=1S/C13H17NO2/c1-4-12(15)10-5-7-11(8-6-10)14-13(16)9(2)3/h5-9H,4H2,1-3H3,(H,14,16). The normalized spacial score (nSPS) is 10.2. The van der Waals surface area contributed by atoms with Gasteiger partial charge in [0.05, 0.1) is 0 Å². The highest BCUT2D eigenvalue weighted by molar-refractivity contribution is 5.97. The van der Waals surface area contributed by atoms with Gasteiger partial charge in [-0.05, 0) is 24.3 Å². The van der Waals surface area contributed by atoms with Gasteiger partial charge in [0.15, 0.2) is 5.78 Å². The number of hydrogen-bond acceptors (Lipinski definition) is 2. The van der Waals surface area contributed by atoms with Crippen LogP contribution in [0.4, 0.5) is 5.69 Å². The quantitative estimate of drug-likeness (QED) is 0.791. The first-order valence-corrected chi connectivity index (χ1v) is 5.48. The lowest BCUT2D eigenvalue weighted by Gasteiger charge is -2.07. The molecule has 1 aromatic carbocycles. The molecule has 86 valence electrons. The fourth-order valence-electron chi connectivity index (χ4n) is 1.23. The predicted molar refractivity (Wildman–Crippen MR) is 64.5 cm³/mol. The third-order valence-corrected chi connectivity index (χ3v) is 2.32. The predicted octanol–water partition coefficient (Wildman–Crippen LogP) is 2.87. The highest BCUT2D eigenvalue weighted by Crippen LogP contribution is 2.12. The largest absolute Gasteiger partial charge is 0.326 e. The Bertz CT molecular complexity index is 379. The molecule has 16 heavy (non-hydrogen) atoms. The number of Topliss-reactive ketones (excluding diaryl/α,β-unsaturated/α-hetero) is 1. The molecule has 1 aromatic rings. The number of nitrogens with one attached hydrogen (secondary N) is 1. The Labute approximate surface area is 95.9 Å². The van der Waals surface area contributed by atoms with E-state index in [2.05, 4.69) is 5.32 Å². The van der Waals surface area contributed by atoms with Gasteiger partial charge in [-0.3, -0.25) is 9.59 Å². The van der Waals surface area contributed by atoms with Crippen LogP contribution in [0.1, 0.15) is 37.6 Å². The van der Waals surface area contributed by atoms with Crippen LogP contribution in [0.25, 0.3) is 0 Å². The lowest BCUT2D eigenvalue weighted by molar-refractivity contribution is -0.118. The maximum absolute atomic E-state index is 11.4. The van der Waals surface area contributed by atoms with Gasteiger partial charge in [0.1, 0.15) is 0 Å². The topological polar surface area (TPSA) is 46.2 Å². The monoisotopic (exact) mass is 219 g/mol. The Hall–Kier alpha value is -1.64. The van der Waals surface area contributed by atoms with Crippen LogP contribution in [0.3, 0.4) is 0 Å². The first kappa shape index (κ1) is 12.4. The highest BCUT2D eigenvalue weighted by atomic mass is 16.1. The van der Waals surface area contributed by atoms with Crippen molar-refractivity contribution in [3.63, 3.8) is 0 Å². The van der Waals surface area contributed by atoms with Gasteiger partial charge in [-0.25, -0.2) is 0 Å². The molecule has 0 atom stereocenters. The summed E-state index contributed by atoms with van der Waals surface area (Å²) >= 11 is 0. The van der Waals surface area contributed by atoms with Gasteiger partial charge in [-0.1, -0.05) is 20.8 Å². The maximum Gasteiger partial charge on any atom is 0.226 e. The lowest BCUT2D eigenvalue weighted by atomic mass is 10.1. The van der Waals surface area contributed by atoms with E-state index >= 15 is 0 Å². The van der Waals surface area contributed by atoms with Crippen molar-refractivity contribution in [3.8, 4) is 0 Å². The fraction of sp³-hybridized carbons (Fsp3) is 0.385. The molecule has 0 heterocycles. The molecule has 0 aliphatic carbocycles. The van der Waals surface area contributed by atoms with E-state index in [0.29, 0.717) is 12.0 Å². The molecule has 0 aliphatic rings. The molecule has 0 spiro atoms. The Morgan fingerprint density at radius 2 is 1.75 bits per heavy atom. The van der Waals surface area contributed by atoms with E-state index in [4.69, 9.17) is 0 Å². The van der Waals surface area contributed by atoms with Crippen molar-refractivity contribution < 1.29 is 9.59 Å². The minimum Gasteiger partial charge on any atom is -0.326 e. The van der Waals surface area contributed by atoms with E-state index in [1.54, 1.807) is 24.3 Å². The first-order valence-electron chi connectivity index (χ1n) is 5.48. The van der Waals surface area contributed by atoms with Gasteiger partial charge in [0.25, 0.3) is 0 Å². The van der Waals surface area contributed by atoms with E-state index in [0.717, 1.165) is 5.69 Å². The number of carbonyl (C=O) groups is 2. The second-order valence-corrected chi connectivity index (χ2v) is 4.00. The van der Waals surface area contributed by atoms with Gasteiger partial charge < -0.3 is 5.32 Å². The van der Waals surface area contributed by atoms with Crippen LogP contribution >= 0.6 is 0 Å². The van der Waals surface area contributed by atoms with E-state index in [1.165, 1.54) is 0 Å². The summed E-state index contributed by atoms with van der Waals surface area (Å²) in [5.74, 6) is 0.0493. The van der Waals surface area contributed by atoms with E-state index in [9.17, 15) is 9.59 Å². The molecule has 0 unspecified atom stereocenters. The van der Waals surface area contributed by atoms with Crippen LogP contribution in [0.5, 0.6) is 0 Å². The van der Waals surface area contributed by atoms with Gasteiger partial charge >= 0.3 is 0 Å². The molecule has 3 heteroatoms. The van der Waals surface area contributed by atoms with Crippen molar-refractivity contribution in [1.82, 2.24) is 0 Å². The van der Waals surface area contributed by atoms with Crippen LogP contribution in [0.2, 0.25) is 0 Å². The average molecular weight is 219 g/mol. The summed E-state index contributed by atoms with van der Waals surface area (Å²) in [6.45, 7) is 5.51. The zero-order chi connectivity index (χ0) is 12.1. The number of anilines is 1. The van der Waals surface area contributed by atoms with Crippen LogP contribution < -0.4 is 5.32 Å². The van der Waals surface area contributed by atoms with Crippen LogP contribution in [0, 0.1) is 5.92 Å². The summed E-state index contributed by atoms with van der Waals surface area (Å²) in [7, 11) is 0. The van der Waals surface area contributed by atoms with Crippen molar-refractivity contribution in [2.24, 2.45) is 5.92 Å². The molecule has 1 N–H and O–H groups in total. The average Bonchev–Trinajstić information content (AvgIpc) is 2.28. The zero-order valence-corrected chi connectivity index (χ0v) is 9.91. The number of carbonyl (C=O) groups excluding carboxylic acids is 2. The molecule has 0 bridgehead atoms. The van der Waals surface area contributed by atoms with Crippen molar-refractivity contribution in [3.05, 3.63) is 29.8 Å². The van der Waals surface area contributed by atoms with E-state index < -0.39 is 0 Å². The number of ketones is 1. The molecule has 0 radical (unpaired) electrons. The van der Waals surface area contributed by atoms with Crippen molar-refractivity contribution in [2.45, 2.75) is 27.2 Å². The Kier molecular flexibility index (Phi) is 4.23. The zero-order valence-electron chi connectivity index (χ0n) is 9.91. The summed E-state index contributed by atoms with van der Waals surface area (Å²) in [4.78, 5) is 22.8. The number of benzene rings is 1. The Morgan fingerprint density at radius 3 is 2.19 bits per heavy atom. The molecule has 0 saturated carbocycles. The Balaban J connectivity index is 2.72. The fourth-order valence-corrected chi connectivity index (χ4v) is 1.23. The number of amides is 1. The maximum atomic E-state index is 11.4.